The largest absolute Gasteiger partial charge is 0.423 e. The van der Waals surface area contributed by atoms with Gasteiger partial charge in [0, 0.05) is 17.3 Å². The van der Waals surface area contributed by atoms with Crippen molar-refractivity contribution in [2.75, 3.05) is 19.8 Å². The minimum absolute atomic E-state index is 0.0481. The number of aryl methyl sites for hydroxylation is 2. The summed E-state index contributed by atoms with van der Waals surface area (Å²) in [5.41, 5.74) is 1.34. The van der Waals surface area contributed by atoms with E-state index in [1.54, 1.807) is 11.3 Å². The van der Waals surface area contributed by atoms with E-state index in [4.69, 9.17) is 9.15 Å². The molecule has 0 N–H and O–H groups in total. The fourth-order valence-electron chi connectivity index (χ4n) is 3.24. The molecule has 3 heterocycles. The van der Waals surface area contributed by atoms with Crippen molar-refractivity contribution in [2.45, 2.75) is 45.1 Å². The van der Waals surface area contributed by atoms with E-state index in [-0.39, 0.29) is 17.9 Å². The Bertz CT molecular complexity index is 731. The van der Waals surface area contributed by atoms with Crippen LogP contribution >= 0.6 is 11.3 Å². The van der Waals surface area contributed by atoms with Crippen LogP contribution in [0.15, 0.2) is 10.5 Å². The van der Waals surface area contributed by atoms with Gasteiger partial charge in [-0.15, -0.1) is 21.5 Å². The number of aromatic nitrogens is 2. The summed E-state index contributed by atoms with van der Waals surface area (Å²) >= 11 is 1.63. The number of amides is 1. The second-order valence-electron chi connectivity index (χ2n) is 6.64. The van der Waals surface area contributed by atoms with Crippen LogP contribution in [-0.2, 0) is 17.6 Å². The Kier molecular flexibility index (Phi) is 4.14. The molecule has 0 saturated carbocycles. The van der Waals surface area contributed by atoms with E-state index in [0.717, 1.165) is 17.7 Å². The van der Waals surface area contributed by atoms with Crippen LogP contribution in [0.2, 0.25) is 0 Å². The number of hydrogen-bond acceptors (Lipinski definition) is 6. The Hall–Kier alpha value is -1.73. The predicted octanol–water partition coefficient (Wildman–Crippen LogP) is 2.96. The van der Waals surface area contributed by atoms with E-state index in [1.807, 2.05) is 18.7 Å². The molecule has 1 aliphatic heterocycles. The minimum atomic E-state index is -0.303. The highest BCUT2D eigenvalue weighted by atomic mass is 32.1. The third kappa shape index (κ3) is 2.75. The molecule has 128 valence electrons. The van der Waals surface area contributed by atoms with Crippen LogP contribution in [0.1, 0.15) is 64.1 Å². The van der Waals surface area contributed by atoms with E-state index in [1.165, 1.54) is 16.9 Å². The molecule has 0 aromatic carbocycles. The summed E-state index contributed by atoms with van der Waals surface area (Å²) in [6.45, 7) is 5.50. The average molecular weight is 347 g/mol. The molecule has 0 unspecified atom stereocenters. The summed E-state index contributed by atoms with van der Waals surface area (Å²) in [5.74, 6) is 1.28. The molecule has 1 amide bonds. The highest BCUT2D eigenvalue weighted by Crippen LogP contribution is 2.33. The van der Waals surface area contributed by atoms with Crippen LogP contribution < -0.4 is 0 Å². The van der Waals surface area contributed by atoms with Gasteiger partial charge in [-0.3, -0.25) is 4.79 Å². The molecule has 24 heavy (non-hydrogen) atoms. The first-order chi connectivity index (χ1) is 11.6. The first-order valence-corrected chi connectivity index (χ1v) is 9.28. The number of carbonyl (C=O) groups excluding carboxylic acids is 1. The topological polar surface area (TPSA) is 68.5 Å². The number of ether oxygens (including phenoxy) is 1. The molecule has 1 saturated heterocycles. The van der Waals surface area contributed by atoms with Crippen molar-refractivity contribution in [3.63, 3.8) is 0 Å². The molecule has 1 atom stereocenters. The Morgan fingerprint density at radius 3 is 3.00 bits per heavy atom. The maximum atomic E-state index is 13.0. The van der Waals surface area contributed by atoms with Gasteiger partial charge in [-0.05, 0) is 30.9 Å². The second-order valence-corrected chi connectivity index (χ2v) is 7.77. The molecule has 4 rings (SSSR count). The summed E-state index contributed by atoms with van der Waals surface area (Å²) in [5, 5.41) is 8.24. The summed E-state index contributed by atoms with van der Waals surface area (Å²) in [7, 11) is 0. The number of nitrogens with zero attached hydrogens (tertiary/aromatic N) is 3. The molecule has 2 aliphatic rings. The lowest BCUT2D eigenvalue weighted by Crippen LogP contribution is -2.43. The van der Waals surface area contributed by atoms with Gasteiger partial charge in [0.15, 0.2) is 0 Å². The van der Waals surface area contributed by atoms with Crippen molar-refractivity contribution in [2.24, 2.45) is 0 Å². The zero-order valence-corrected chi connectivity index (χ0v) is 14.8. The van der Waals surface area contributed by atoms with Gasteiger partial charge in [-0.1, -0.05) is 13.8 Å². The van der Waals surface area contributed by atoms with Gasteiger partial charge in [-0.25, -0.2) is 0 Å². The zero-order chi connectivity index (χ0) is 16.7. The molecule has 2 aromatic rings. The fourth-order valence-corrected chi connectivity index (χ4v) is 4.45. The minimum Gasteiger partial charge on any atom is -0.423 e. The summed E-state index contributed by atoms with van der Waals surface area (Å²) in [6, 6.07) is 1.76. The lowest BCUT2D eigenvalue weighted by Gasteiger charge is -2.33. The molecule has 1 fully saturated rings. The van der Waals surface area contributed by atoms with E-state index in [2.05, 4.69) is 16.3 Å². The molecule has 0 spiro atoms. The maximum Gasteiger partial charge on any atom is 0.264 e. The summed E-state index contributed by atoms with van der Waals surface area (Å²) in [4.78, 5) is 17.0. The monoisotopic (exact) mass is 347 g/mol. The average Bonchev–Trinajstić information content (AvgIpc) is 3.29. The Morgan fingerprint density at radius 1 is 1.38 bits per heavy atom. The van der Waals surface area contributed by atoms with Gasteiger partial charge in [0.25, 0.3) is 5.91 Å². The molecule has 6 nitrogen and oxygen atoms in total. The van der Waals surface area contributed by atoms with Gasteiger partial charge >= 0.3 is 0 Å². The van der Waals surface area contributed by atoms with Gasteiger partial charge < -0.3 is 14.1 Å². The van der Waals surface area contributed by atoms with Crippen molar-refractivity contribution in [1.82, 2.24) is 15.1 Å². The third-order valence-corrected chi connectivity index (χ3v) is 5.81. The molecule has 7 heteroatoms. The van der Waals surface area contributed by atoms with Crippen LogP contribution in [-0.4, -0.2) is 40.8 Å². The van der Waals surface area contributed by atoms with Crippen molar-refractivity contribution in [3.8, 4) is 0 Å². The molecule has 1 aliphatic carbocycles. The van der Waals surface area contributed by atoms with E-state index < -0.39 is 0 Å². The smallest absolute Gasteiger partial charge is 0.264 e. The quantitative estimate of drug-likeness (QED) is 0.854. The first kappa shape index (κ1) is 15.8. The van der Waals surface area contributed by atoms with Gasteiger partial charge in [-0.2, -0.15) is 0 Å². The molecule has 0 radical (unpaired) electrons. The number of fused-ring (bicyclic) bond motifs is 1. The number of thiophene rings is 1. The summed E-state index contributed by atoms with van der Waals surface area (Å²) < 4.78 is 11.3. The van der Waals surface area contributed by atoms with Crippen molar-refractivity contribution >= 4 is 17.2 Å². The van der Waals surface area contributed by atoms with Crippen LogP contribution in [0.25, 0.3) is 0 Å². The Balaban J connectivity index is 1.59. The van der Waals surface area contributed by atoms with Gasteiger partial charge in [0.1, 0.15) is 6.04 Å². The van der Waals surface area contributed by atoms with Crippen molar-refractivity contribution < 1.29 is 13.9 Å². The van der Waals surface area contributed by atoms with Crippen LogP contribution in [0.5, 0.6) is 0 Å². The number of hydrogen-bond donors (Lipinski definition) is 0. The number of morpholine rings is 1. The van der Waals surface area contributed by atoms with Gasteiger partial charge in [0.05, 0.1) is 18.1 Å². The lowest BCUT2D eigenvalue weighted by atomic mass is 10.2. The van der Waals surface area contributed by atoms with Crippen LogP contribution in [0.3, 0.4) is 0 Å². The number of rotatable bonds is 3. The zero-order valence-electron chi connectivity index (χ0n) is 13.9. The fraction of sp³-hybridized carbons (Fsp3) is 0.588. The van der Waals surface area contributed by atoms with Crippen molar-refractivity contribution in [1.29, 1.82) is 0 Å². The molecule has 0 bridgehead atoms. The van der Waals surface area contributed by atoms with Crippen LogP contribution in [0.4, 0.5) is 0 Å². The molecular formula is C17H21N3O3S. The van der Waals surface area contributed by atoms with Gasteiger partial charge in [0.2, 0.25) is 11.8 Å². The second kappa shape index (κ2) is 6.29. The molecule has 2 aromatic heterocycles. The first-order valence-electron chi connectivity index (χ1n) is 8.47. The third-order valence-electron chi connectivity index (χ3n) is 4.58. The highest BCUT2D eigenvalue weighted by Gasteiger charge is 2.34. The lowest BCUT2D eigenvalue weighted by molar-refractivity contribution is -0.0105. The molecular weight excluding hydrogens is 326 g/mol. The van der Waals surface area contributed by atoms with E-state index >= 15 is 0 Å². The SMILES string of the molecule is CC(C)c1nnc([C@H]2COCCN2C(=O)c2cc3c(s2)CCC3)o1. The van der Waals surface area contributed by atoms with Crippen LogP contribution in [0, 0.1) is 0 Å². The summed E-state index contributed by atoms with van der Waals surface area (Å²) in [6.07, 6.45) is 3.39. The standard InChI is InChI=1S/C17H21N3O3S/c1-10(2)15-18-19-16(23-15)12-9-22-7-6-20(12)17(21)14-8-11-4-3-5-13(11)24-14/h8,10,12H,3-7,9H2,1-2H3/t12-/m1/s1. The van der Waals surface area contributed by atoms with E-state index in [0.29, 0.717) is 31.5 Å². The Labute approximate surface area is 144 Å². The van der Waals surface area contributed by atoms with Crippen molar-refractivity contribution in [3.05, 3.63) is 33.2 Å². The maximum absolute atomic E-state index is 13.0. The predicted molar refractivity (Wildman–Crippen MR) is 89.3 cm³/mol. The Morgan fingerprint density at radius 2 is 2.25 bits per heavy atom. The van der Waals surface area contributed by atoms with E-state index in [9.17, 15) is 4.79 Å². The normalized spacial score (nSPS) is 20.6. The highest BCUT2D eigenvalue weighted by molar-refractivity contribution is 7.14. The number of carbonyl (C=O) groups is 1.